The highest BCUT2D eigenvalue weighted by Crippen LogP contribution is 2.23. The Morgan fingerprint density at radius 1 is 1.13 bits per heavy atom. The Bertz CT molecular complexity index is 990. The molecule has 0 bridgehead atoms. The normalized spacial score (nSPS) is 15.1. The van der Waals surface area contributed by atoms with Gasteiger partial charge in [0, 0.05) is 41.7 Å². The number of sulfonamides is 1. The van der Waals surface area contributed by atoms with E-state index in [2.05, 4.69) is 5.32 Å². The molecule has 3 rings (SSSR count). The van der Waals surface area contributed by atoms with Crippen molar-refractivity contribution in [1.82, 2.24) is 9.62 Å². The van der Waals surface area contributed by atoms with Crippen LogP contribution in [0.1, 0.15) is 40.7 Å². The number of piperidine rings is 1. The lowest BCUT2D eigenvalue weighted by Crippen LogP contribution is -2.35. The van der Waals surface area contributed by atoms with E-state index in [1.807, 2.05) is 31.2 Å². The Kier molecular flexibility index (Phi) is 8.22. The molecule has 1 aliphatic heterocycles. The number of halogens is 1. The summed E-state index contributed by atoms with van der Waals surface area (Å²) in [4.78, 5) is 12.8. The van der Waals surface area contributed by atoms with E-state index in [0.29, 0.717) is 25.2 Å². The van der Waals surface area contributed by atoms with Crippen LogP contribution in [0.15, 0.2) is 47.4 Å². The summed E-state index contributed by atoms with van der Waals surface area (Å²) in [6.07, 6.45) is 2.82. The van der Waals surface area contributed by atoms with Gasteiger partial charge in [0.25, 0.3) is 5.91 Å². The van der Waals surface area contributed by atoms with Crippen LogP contribution in [0.25, 0.3) is 0 Å². The molecule has 0 saturated carbocycles. The van der Waals surface area contributed by atoms with Gasteiger partial charge in [0.2, 0.25) is 10.0 Å². The van der Waals surface area contributed by atoms with Crippen molar-refractivity contribution in [1.29, 1.82) is 0 Å². The van der Waals surface area contributed by atoms with Crippen LogP contribution in [-0.2, 0) is 15.8 Å². The number of carbonyl (C=O) groups is 1. The molecule has 0 aliphatic carbocycles. The molecule has 1 N–H and O–H groups in total. The van der Waals surface area contributed by atoms with Gasteiger partial charge < -0.3 is 5.32 Å². The Morgan fingerprint density at radius 3 is 2.60 bits per heavy atom. The van der Waals surface area contributed by atoms with Crippen molar-refractivity contribution >= 4 is 39.3 Å². The SMILES string of the molecule is Cc1ccc(S(=O)(=O)N2CCCCC2)cc1C(=O)NCCSCc1ccccc1Cl. The highest BCUT2D eigenvalue weighted by atomic mass is 35.5. The number of thioether (sulfide) groups is 1. The lowest BCUT2D eigenvalue weighted by molar-refractivity contribution is 0.0955. The molecule has 5 nitrogen and oxygen atoms in total. The van der Waals surface area contributed by atoms with Crippen LogP contribution < -0.4 is 5.32 Å². The molecule has 0 atom stereocenters. The van der Waals surface area contributed by atoms with Crippen molar-refractivity contribution in [2.45, 2.75) is 36.8 Å². The second-order valence-electron chi connectivity index (χ2n) is 7.34. The van der Waals surface area contributed by atoms with Gasteiger partial charge in [0.1, 0.15) is 0 Å². The fraction of sp³-hybridized carbons (Fsp3) is 0.409. The van der Waals surface area contributed by atoms with E-state index in [-0.39, 0.29) is 10.8 Å². The van der Waals surface area contributed by atoms with Gasteiger partial charge in [-0.1, -0.05) is 42.3 Å². The molecule has 2 aromatic rings. The Labute approximate surface area is 188 Å². The first kappa shape index (κ1) is 23.1. The number of carbonyl (C=O) groups excluding carboxylic acids is 1. The molecule has 0 radical (unpaired) electrons. The molecular weight excluding hydrogens is 440 g/mol. The number of nitrogens with zero attached hydrogens (tertiary/aromatic N) is 1. The summed E-state index contributed by atoms with van der Waals surface area (Å²) in [6, 6.07) is 12.5. The smallest absolute Gasteiger partial charge is 0.251 e. The molecule has 1 heterocycles. The van der Waals surface area contributed by atoms with Crippen molar-refractivity contribution < 1.29 is 13.2 Å². The predicted octanol–water partition coefficient (Wildman–Crippen LogP) is 4.49. The average molecular weight is 467 g/mol. The third kappa shape index (κ3) is 5.78. The maximum Gasteiger partial charge on any atom is 0.251 e. The van der Waals surface area contributed by atoms with E-state index < -0.39 is 10.0 Å². The first-order valence-electron chi connectivity index (χ1n) is 10.1. The van der Waals surface area contributed by atoms with Gasteiger partial charge in [-0.05, 0) is 49.1 Å². The van der Waals surface area contributed by atoms with Crippen molar-refractivity contribution in [3.63, 3.8) is 0 Å². The summed E-state index contributed by atoms with van der Waals surface area (Å²) in [6.45, 7) is 3.40. The molecule has 0 aromatic heterocycles. The molecular formula is C22H27ClN2O3S2. The van der Waals surface area contributed by atoms with Crippen LogP contribution in [0.4, 0.5) is 0 Å². The molecule has 1 saturated heterocycles. The number of amides is 1. The van der Waals surface area contributed by atoms with Crippen LogP contribution in [0.5, 0.6) is 0 Å². The highest BCUT2D eigenvalue weighted by Gasteiger charge is 2.27. The first-order chi connectivity index (χ1) is 14.4. The molecule has 0 spiro atoms. The van der Waals surface area contributed by atoms with Gasteiger partial charge in [-0.15, -0.1) is 0 Å². The number of nitrogens with one attached hydrogen (secondary N) is 1. The zero-order valence-corrected chi connectivity index (χ0v) is 19.5. The number of hydrogen-bond donors (Lipinski definition) is 1. The molecule has 1 fully saturated rings. The lowest BCUT2D eigenvalue weighted by Gasteiger charge is -2.26. The summed E-state index contributed by atoms with van der Waals surface area (Å²) in [5, 5.41) is 3.64. The van der Waals surface area contributed by atoms with Crippen LogP contribution in [0.2, 0.25) is 5.02 Å². The van der Waals surface area contributed by atoms with E-state index >= 15 is 0 Å². The van der Waals surface area contributed by atoms with Crippen molar-refractivity contribution in [2.75, 3.05) is 25.4 Å². The molecule has 2 aromatic carbocycles. The fourth-order valence-electron chi connectivity index (χ4n) is 3.39. The van der Waals surface area contributed by atoms with E-state index in [1.54, 1.807) is 23.9 Å². The summed E-state index contributed by atoms with van der Waals surface area (Å²) >= 11 is 7.84. The zero-order chi connectivity index (χ0) is 21.6. The number of benzene rings is 2. The minimum absolute atomic E-state index is 0.188. The van der Waals surface area contributed by atoms with Gasteiger partial charge >= 0.3 is 0 Å². The monoisotopic (exact) mass is 466 g/mol. The van der Waals surface area contributed by atoms with E-state index in [9.17, 15) is 13.2 Å². The Balaban J connectivity index is 1.57. The van der Waals surface area contributed by atoms with E-state index in [4.69, 9.17) is 11.6 Å². The zero-order valence-electron chi connectivity index (χ0n) is 17.1. The minimum Gasteiger partial charge on any atom is -0.351 e. The summed E-state index contributed by atoms with van der Waals surface area (Å²) < 4.78 is 27.4. The maximum atomic E-state index is 12.9. The second-order valence-corrected chi connectivity index (χ2v) is 10.8. The predicted molar refractivity (Wildman–Crippen MR) is 124 cm³/mol. The van der Waals surface area contributed by atoms with Crippen LogP contribution in [-0.4, -0.2) is 44.0 Å². The lowest BCUT2D eigenvalue weighted by atomic mass is 10.1. The third-order valence-corrected chi connectivity index (χ3v) is 8.43. The third-order valence-electron chi connectivity index (χ3n) is 5.15. The standard InChI is InChI=1S/C22H27ClN2O3S2/c1-17-9-10-19(30(27,28)25-12-5-2-6-13-25)15-20(17)22(26)24-11-14-29-16-18-7-3-4-8-21(18)23/h3-4,7-10,15H,2,5-6,11-14,16H2,1H3,(H,24,26). The number of rotatable bonds is 8. The van der Waals surface area contributed by atoms with Crippen molar-refractivity contribution in [3.05, 3.63) is 64.2 Å². The van der Waals surface area contributed by atoms with Gasteiger partial charge in [0.15, 0.2) is 0 Å². The minimum atomic E-state index is -3.56. The Hall–Kier alpha value is -1.54. The topological polar surface area (TPSA) is 66.5 Å². The quantitative estimate of drug-likeness (QED) is 0.582. The van der Waals surface area contributed by atoms with Crippen molar-refractivity contribution in [3.8, 4) is 0 Å². The number of aryl methyl sites for hydroxylation is 1. The first-order valence-corrected chi connectivity index (χ1v) is 13.1. The van der Waals surface area contributed by atoms with Gasteiger partial charge in [-0.2, -0.15) is 16.1 Å². The molecule has 162 valence electrons. The van der Waals surface area contributed by atoms with Crippen LogP contribution in [0.3, 0.4) is 0 Å². The van der Waals surface area contributed by atoms with Gasteiger partial charge in [0.05, 0.1) is 4.90 Å². The van der Waals surface area contributed by atoms with E-state index in [0.717, 1.165) is 46.9 Å². The van der Waals surface area contributed by atoms with Crippen molar-refractivity contribution in [2.24, 2.45) is 0 Å². The Morgan fingerprint density at radius 2 is 1.87 bits per heavy atom. The van der Waals surface area contributed by atoms with Crippen LogP contribution >= 0.6 is 23.4 Å². The average Bonchev–Trinajstić information content (AvgIpc) is 2.75. The second kappa shape index (κ2) is 10.7. The molecule has 0 unspecified atom stereocenters. The fourth-order valence-corrected chi connectivity index (χ4v) is 6.08. The summed E-state index contributed by atoms with van der Waals surface area (Å²) in [7, 11) is -3.56. The van der Waals surface area contributed by atoms with Crippen LogP contribution in [0, 0.1) is 6.92 Å². The molecule has 30 heavy (non-hydrogen) atoms. The number of hydrogen-bond acceptors (Lipinski definition) is 4. The highest BCUT2D eigenvalue weighted by molar-refractivity contribution is 7.98. The van der Waals surface area contributed by atoms with Gasteiger partial charge in [-0.25, -0.2) is 8.42 Å². The van der Waals surface area contributed by atoms with E-state index in [1.165, 1.54) is 10.4 Å². The molecule has 1 aliphatic rings. The maximum absolute atomic E-state index is 12.9. The molecule has 1 amide bonds. The summed E-state index contributed by atoms with van der Waals surface area (Å²) in [5.74, 6) is 1.27. The summed E-state index contributed by atoms with van der Waals surface area (Å²) in [5.41, 5.74) is 2.24. The molecule has 8 heteroatoms. The van der Waals surface area contributed by atoms with Gasteiger partial charge in [-0.3, -0.25) is 4.79 Å². The largest absolute Gasteiger partial charge is 0.351 e.